The molecule has 1 saturated heterocycles. The quantitative estimate of drug-likeness (QED) is 0.864. The van der Waals surface area contributed by atoms with Gasteiger partial charge in [0.25, 0.3) is 0 Å². The van der Waals surface area contributed by atoms with Crippen LogP contribution in [0, 0.1) is 12.8 Å². The van der Waals surface area contributed by atoms with Gasteiger partial charge in [0.05, 0.1) is 6.54 Å². The number of furan rings is 1. The first-order valence-electron chi connectivity index (χ1n) is 7.76. The third kappa shape index (κ3) is 4.33. The first kappa shape index (κ1) is 15.5. The SMILES string of the molecule is CNCc1cc(CN2CCN(CC(C)C)CC2)c(C)o1. The number of aryl methyl sites for hydroxylation is 1. The van der Waals surface area contributed by atoms with Crippen molar-refractivity contribution in [3.8, 4) is 0 Å². The van der Waals surface area contributed by atoms with E-state index in [1.807, 2.05) is 7.05 Å². The topological polar surface area (TPSA) is 31.6 Å². The van der Waals surface area contributed by atoms with E-state index in [-0.39, 0.29) is 0 Å². The average Bonchev–Trinajstić information content (AvgIpc) is 2.72. The maximum absolute atomic E-state index is 5.77. The Balaban J connectivity index is 1.83. The summed E-state index contributed by atoms with van der Waals surface area (Å²) < 4.78 is 5.77. The molecular weight excluding hydrogens is 250 g/mol. The molecule has 1 aliphatic heterocycles. The van der Waals surface area contributed by atoms with Crippen molar-refractivity contribution in [2.75, 3.05) is 39.8 Å². The number of hydrogen-bond acceptors (Lipinski definition) is 4. The van der Waals surface area contributed by atoms with Crippen LogP contribution < -0.4 is 5.32 Å². The van der Waals surface area contributed by atoms with Crippen LogP contribution in [0.5, 0.6) is 0 Å². The molecule has 0 radical (unpaired) electrons. The molecule has 2 rings (SSSR count). The lowest BCUT2D eigenvalue weighted by Gasteiger charge is -2.35. The molecule has 114 valence electrons. The van der Waals surface area contributed by atoms with Crippen LogP contribution in [0.1, 0.15) is 30.9 Å². The second kappa shape index (κ2) is 7.25. The van der Waals surface area contributed by atoms with Crippen molar-refractivity contribution in [3.63, 3.8) is 0 Å². The van der Waals surface area contributed by atoms with E-state index in [2.05, 4.69) is 42.0 Å². The van der Waals surface area contributed by atoms with Crippen molar-refractivity contribution >= 4 is 0 Å². The van der Waals surface area contributed by atoms with Crippen molar-refractivity contribution in [2.45, 2.75) is 33.9 Å². The molecule has 4 nitrogen and oxygen atoms in total. The van der Waals surface area contributed by atoms with Crippen molar-refractivity contribution in [1.82, 2.24) is 15.1 Å². The van der Waals surface area contributed by atoms with E-state index in [0.717, 1.165) is 30.5 Å². The Kier molecular flexibility index (Phi) is 5.64. The van der Waals surface area contributed by atoms with Gasteiger partial charge in [0.15, 0.2) is 0 Å². The zero-order valence-corrected chi connectivity index (χ0v) is 13.4. The highest BCUT2D eigenvalue weighted by Crippen LogP contribution is 2.18. The summed E-state index contributed by atoms with van der Waals surface area (Å²) in [5.41, 5.74) is 1.34. The molecular formula is C16H29N3O. The second-order valence-electron chi connectivity index (χ2n) is 6.30. The van der Waals surface area contributed by atoms with Crippen LogP contribution in [0.3, 0.4) is 0 Å². The van der Waals surface area contributed by atoms with Gasteiger partial charge >= 0.3 is 0 Å². The zero-order chi connectivity index (χ0) is 14.5. The Bertz CT molecular complexity index is 406. The first-order chi connectivity index (χ1) is 9.58. The molecule has 20 heavy (non-hydrogen) atoms. The van der Waals surface area contributed by atoms with Crippen molar-refractivity contribution < 1.29 is 4.42 Å². The summed E-state index contributed by atoms with van der Waals surface area (Å²) in [4.78, 5) is 5.12. The van der Waals surface area contributed by atoms with E-state index in [4.69, 9.17) is 4.42 Å². The van der Waals surface area contributed by atoms with Gasteiger partial charge in [0.1, 0.15) is 11.5 Å². The lowest BCUT2D eigenvalue weighted by Crippen LogP contribution is -2.46. The Morgan fingerprint density at radius 3 is 2.45 bits per heavy atom. The Morgan fingerprint density at radius 1 is 1.20 bits per heavy atom. The fourth-order valence-corrected chi connectivity index (χ4v) is 2.89. The number of nitrogens with one attached hydrogen (secondary N) is 1. The van der Waals surface area contributed by atoms with Gasteiger partial charge in [-0.3, -0.25) is 4.90 Å². The normalized spacial score (nSPS) is 18.1. The Labute approximate surface area is 123 Å². The summed E-state index contributed by atoms with van der Waals surface area (Å²) in [5.74, 6) is 2.88. The molecule has 0 aromatic carbocycles. The van der Waals surface area contributed by atoms with Crippen LogP contribution in [0.2, 0.25) is 0 Å². The van der Waals surface area contributed by atoms with Gasteiger partial charge in [-0.05, 0) is 26.0 Å². The summed E-state index contributed by atoms with van der Waals surface area (Å²) in [6.07, 6.45) is 0. The van der Waals surface area contributed by atoms with Gasteiger partial charge in [-0.1, -0.05) is 13.8 Å². The summed E-state index contributed by atoms with van der Waals surface area (Å²) in [5, 5.41) is 3.14. The van der Waals surface area contributed by atoms with Gasteiger partial charge in [-0.2, -0.15) is 0 Å². The maximum Gasteiger partial charge on any atom is 0.118 e. The molecule has 0 unspecified atom stereocenters. The fourth-order valence-electron chi connectivity index (χ4n) is 2.89. The lowest BCUT2D eigenvalue weighted by atomic mass is 10.1. The molecule has 1 aromatic rings. The largest absolute Gasteiger partial charge is 0.465 e. The lowest BCUT2D eigenvalue weighted by molar-refractivity contribution is 0.117. The van der Waals surface area contributed by atoms with Gasteiger partial charge in [0, 0.05) is 44.8 Å². The van der Waals surface area contributed by atoms with Crippen LogP contribution in [0.25, 0.3) is 0 Å². The third-order valence-electron chi connectivity index (χ3n) is 3.90. The summed E-state index contributed by atoms with van der Waals surface area (Å²) >= 11 is 0. The number of rotatable bonds is 6. The van der Waals surface area contributed by atoms with Gasteiger partial charge in [0.2, 0.25) is 0 Å². The number of hydrogen-bond donors (Lipinski definition) is 1. The minimum Gasteiger partial charge on any atom is -0.465 e. The molecule has 4 heteroatoms. The third-order valence-corrected chi connectivity index (χ3v) is 3.90. The summed E-state index contributed by atoms with van der Waals surface area (Å²) in [6.45, 7) is 14.4. The predicted octanol–water partition coefficient (Wildman–Crippen LogP) is 2.08. The van der Waals surface area contributed by atoms with Crippen molar-refractivity contribution in [2.24, 2.45) is 5.92 Å². The van der Waals surface area contributed by atoms with E-state index in [1.54, 1.807) is 0 Å². The molecule has 0 saturated carbocycles. The maximum atomic E-state index is 5.77. The fraction of sp³-hybridized carbons (Fsp3) is 0.750. The van der Waals surface area contributed by atoms with E-state index < -0.39 is 0 Å². The Hall–Kier alpha value is -0.840. The van der Waals surface area contributed by atoms with Gasteiger partial charge in [-0.25, -0.2) is 0 Å². The van der Waals surface area contributed by atoms with Gasteiger partial charge in [-0.15, -0.1) is 0 Å². The van der Waals surface area contributed by atoms with Crippen LogP contribution in [0.15, 0.2) is 10.5 Å². The zero-order valence-electron chi connectivity index (χ0n) is 13.4. The predicted molar refractivity (Wildman–Crippen MR) is 82.8 cm³/mol. The molecule has 1 aliphatic rings. The van der Waals surface area contributed by atoms with Crippen LogP contribution in [-0.2, 0) is 13.1 Å². The van der Waals surface area contributed by atoms with Crippen LogP contribution in [0.4, 0.5) is 0 Å². The van der Waals surface area contributed by atoms with Crippen LogP contribution >= 0.6 is 0 Å². The second-order valence-corrected chi connectivity index (χ2v) is 6.30. The molecule has 2 heterocycles. The average molecular weight is 279 g/mol. The van der Waals surface area contributed by atoms with Crippen molar-refractivity contribution in [1.29, 1.82) is 0 Å². The molecule has 1 aromatic heterocycles. The highest BCUT2D eigenvalue weighted by atomic mass is 16.3. The molecule has 0 amide bonds. The van der Waals surface area contributed by atoms with Gasteiger partial charge < -0.3 is 14.6 Å². The van der Waals surface area contributed by atoms with Crippen LogP contribution in [-0.4, -0.2) is 49.6 Å². The molecule has 1 N–H and O–H groups in total. The smallest absolute Gasteiger partial charge is 0.118 e. The number of nitrogens with zero attached hydrogens (tertiary/aromatic N) is 2. The van der Waals surface area contributed by atoms with E-state index >= 15 is 0 Å². The van der Waals surface area contributed by atoms with E-state index in [9.17, 15) is 0 Å². The van der Waals surface area contributed by atoms with E-state index in [0.29, 0.717) is 0 Å². The minimum absolute atomic E-state index is 0.766. The number of piperazine rings is 1. The molecule has 0 spiro atoms. The molecule has 0 aliphatic carbocycles. The standard InChI is InChI=1S/C16H29N3O/c1-13(2)11-18-5-7-19(8-6-18)12-15-9-16(10-17-4)20-14(15)3/h9,13,17H,5-8,10-12H2,1-4H3. The molecule has 0 bridgehead atoms. The minimum atomic E-state index is 0.766. The van der Waals surface area contributed by atoms with E-state index in [1.165, 1.54) is 38.3 Å². The molecule has 0 atom stereocenters. The monoisotopic (exact) mass is 279 g/mol. The summed E-state index contributed by atoms with van der Waals surface area (Å²) in [6, 6.07) is 2.20. The first-order valence-corrected chi connectivity index (χ1v) is 7.76. The highest BCUT2D eigenvalue weighted by Gasteiger charge is 2.19. The molecule has 1 fully saturated rings. The Morgan fingerprint density at radius 2 is 1.85 bits per heavy atom. The van der Waals surface area contributed by atoms with Crippen molar-refractivity contribution in [3.05, 3.63) is 23.2 Å². The highest BCUT2D eigenvalue weighted by molar-refractivity contribution is 5.20. The summed E-state index contributed by atoms with van der Waals surface area (Å²) in [7, 11) is 1.95.